The second-order valence-electron chi connectivity index (χ2n) is 5.90. The summed E-state index contributed by atoms with van der Waals surface area (Å²) in [4.78, 5) is 14.5. The van der Waals surface area contributed by atoms with Crippen LogP contribution in [0.1, 0.15) is 22.7 Å². The van der Waals surface area contributed by atoms with Crippen LogP contribution in [-0.2, 0) is 11.2 Å². The molecule has 0 aliphatic rings. The summed E-state index contributed by atoms with van der Waals surface area (Å²) in [6.07, 6.45) is 0.420. The molecule has 1 N–H and O–H groups in total. The van der Waals surface area contributed by atoms with Crippen LogP contribution in [0, 0.1) is 6.92 Å². The predicted octanol–water partition coefficient (Wildman–Crippen LogP) is 2.96. The summed E-state index contributed by atoms with van der Waals surface area (Å²) in [5, 5.41) is 3.16. The predicted molar refractivity (Wildman–Crippen MR) is 90.8 cm³/mol. The van der Waals surface area contributed by atoms with Crippen LogP contribution in [0.3, 0.4) is 0 Å². The van der Waals surface area contributed by atoms with Gasteiger partial charge in [0.25, 0.3) is 0 Å². The van der Waals surface area contributed by atoms with Gasteiger partial charge < -0.3 is 10.2 Å². The molecule has 1 atom stereocenters. The van der Waals surface area contributed by atoms with Crippen LogP contribution < -0.4 is 5.32 Å². The van der Waals surface area contributed by atoms with Crippen molar-refractivity contribution < 1.29 is 4.79 Å². The molecule has 2 aromatic carbocycles. The fraction of sp³-hybridized carbons (Fsp3) is 0.316. The van der Waals surface area contributed by atoms with Crippen molar-refractivity contribution in [1.29, 1.82) is 0 Å². The van der Waals surface area contributed by atoms with E-state index in [2.05, 4.69) is 22.3 Å². The van der Waals surface area contributed by atoms with E-state index in [1.54, 1.807) is 0 Å². The van der Waals surface area contributed by atoms with E-state index in [-0.39, 0.29) is 11.9 Å². The van der Waals surface area contributed by atoms with Crippen molar-refractivity contribution in [2.45, 2.75) is 19.4 Å². The topological polar surface area (TPSA) is 32.3 Å². The maximum absolute atomic E-state index is 12.4. The number of aryl methyl sites for hydroxylation is 1. The van der Waals surface area contributed by atoms with E-state index in [9.17, 15) is 4.79 Å². The molecule has 0 aliphatic heterocycles. The molecule has 0 saturated heterocycles. The van der Waals surface area contributed by atoms with Gasteiger partial charge in [0.1, 0.15) is 0 Å². The van der Waals surface area contributed by atoms with Gasteiger partial charge in [0.15, 0.2) is 0 Å². The molecule has 0 aromatic heterocycles. The van der Waals surface area contributed by atoms with Gasteiger partial charge in [-0.2, -0.15) is 0 Å². The van der Waals surface area contributed by atoms with E-state index in [1.807, 2.05) is 63.5 Å². The standard InChI is InChI=1S/C19H24N2O/c1-15-9-7-8-12-17(15)13-19(22)20-18(14-21(2)3)16-10-5-4-6-11-16/h4-12,18H,13-14H2,1-3H3,(H,20,22)/t18-/m0/s1. The van der Waals surface area contributed by atoms with Crippen molar-refractivity contribution in [3.05, 3.63) is 71.3 Å². The van der Waals surface area contributed by atoms with Gasteiger partial charge in [0.2, 0.25) is 5.91 Å². The molecule has 2 rings (SSSR count). The van der Waals surface area contributed by atoms with Crippen LogP contribution in [0.25, 0.3) is 0 Å². The lowest BCUT2D eigenvalue weighted by Gasteiger charge is -2.23. The van der Waals surface area contributed by atoms with E-state index in [4.69, 9.17) is 0 Å². The van der Waals surface area contributed by atoms with Gasteiger partial charge in [-0.05, 0) is 37.7 Å². The van der Waals surface area contributed by atoms with Crippen LogP contribution in [0.5, 0.6) is 0 Å². The SMILES string of the molecule is Cc1ccccc1CC(=O)N[C@@H](CN(C)C)c1ccccc1. The quantitative estimate of drug-likeness (QED) is 0.889. The molecule has 22 heavy (non-hydrogen) atoms. The van der Waals surface area contributed by atoms with Crippen molar-refractivity contribution in [2.75, 3.05) is 20.6 Å². The minimum Gasteiger partial charge on any atom is -0.348 e. The van der Waals surface area contributed by atoms with Crippen molar-refractivity contribution in [2.24, 2.45) is 0 Å². The van der Waals surface area contributed by atoms with Gasteiger partial charge in [-0.3, -0.25) is 4.79 Å². The fourth-order valence-electron chi connectivity index (χ4n) is 2.51. The molecule has 3 heteroatoms. The average molecular weight is 296 g/mol. The zero-order valence-corrected chi connectivity index (χ0v) is 13.5. The average Bonchev–Trinajstić information content (AvgIpc) is 2.49. The Morgan fingerprint density at radius 1 is 1.05 bits per heavy atom. The maximum atomic E-state index is 12.4. The molecule has 0 saturated carbocycles. The molecule has 0 heterocycles. The highest BCUT2D eigenvalue weighted by Gasteiger charge is 2.16. The van der Waals surface area contributed by atoms with Gasteiger partial charge in [-0.15, -0.1) is 0 Å². The second kappa shape index (κ2) is 7.76. The molecular formula is C19H24N2O. The first-order chi connectivity index (χ1) is 10.6. The number of benzene rings is 2. The zero-order chi connectivity index (χ0) is 15.9. The third-order valence-electron chi connectivity index (χ3n) is 3.70. The molecule has 0 radical (unpaired) electrons. The van der Waals surface area contributed by atoms with Crippen molar-refractivity contribution >= 4 is 5.91 Å². The minimum atomic E-state index is 0.00715. The number of carbonyl (C=O) groups is 1. The zero-order valence-electron chi connectivity index (χ0n) is 13.5. The Morgan fingerprint density at radius 2 is 1.68 bits per heavy atom. The number of carbonyl (C=O) groups excluding carboxylic acids is 1. The van der Waals surface area contributed by atoms with Gasteiger partial charge in [-0.25, -0.2) is 0 Å². The second-order valence-corrected chi connectivity index (χ2v) is 5.90. The summed E-state index contributed by atoms with van der Waals surface area (Å²) in [6.45, 7) is 2.82. The van der Waals surface area contributed by atoms with Crippen LogP contribution >= 0.6 is 0 Å². The molecule has 0 unspecified atom stereocenters. The number of nitrogens with one attached hydrogen (secondary N) is 1. The van der Waals surface area contributed by atoms with Gasteiger partial charge >= 0.3 is 0 Å². The highest BCUT2D eigenvalue weighted by Crippen LogP contribution is 2.14. The molecule has 1 amide bonds. The Balaban J connectivity index is 2.07. The Labute approximate surface area is 133 Å². The molecule has 0 aliphatic carbocycles. The van der Waals surface area contributed by atoms with E-state index in [1.165, 1.54) is 0 Å². The largest absolute Gasteiger partial charge is 0.348 e. The van der Waals surface area contributed by atoms with Crippen LogP contribution in [0.15, 0.2) is 54.6 Å². The molecule has 0 fully saturated rings. The smallest absolute Gasteiger partial charge is 0.224 e. The summed E-state index contributed by atoms with van der Waals surface area (Å²) in [5.41, 5.74) is 3.37. The fourth-order valence-corrected chi connectivity index (χ4v) is 2.51. The molecule has 2 aromatic rings. The summed E-state index contributed by atoms with van der Waals surface area (Å²) >= 11 is 0. The first-order valence-electron chi connectivity index (χ1n) is 7.60. The minimum absolute atomic E-state index is 0.00715. The summed E-state index contributed by atoms with van der Waals surface area (Å²) in [6, 6.07) is 18.1. The van der Waals surface area contributed by atoms with Crippen LogP contribution in [0.2, 0.25) is 0 Å². The first-order valence-corrected chi connectivity index (χ1v) is 7.60. The monoisotopic (exact) mass is 296 g/mol. The van der Waals surface area contributed by atoms with E-state index in [0.717, 1.165) is 23.2 Å². The van der Waals surface area contributed by atoms with E-state index in [0.29, 0.717) is 6.42 Å². The Bertz CT molecular complexity index is 608. The third kappa shape index (κ3) is 4.71. The maximum Gasteiger partial charge on any atom is 0.224 e. The summed E-state index contributed by atoms with van der Waals surface area (Å²) in [7, 11) is 4.03. The van der Waals surface area contributed by atoms with Crippen LogP contribution in [-0.4, -0.2) is 31.4 Å². The lowest BCUT2D eigenvalue weighted by molar-refractivity contribution is -0.121. The van der Waals surface area contributed by atoms with Gasteiger partial charge in [-0.1, -0.05) is 54.6 Å². The van der Waals surface area contributed by atoms with E-state index >= 15 is 0 Å². The number of hydrogen-bond acceptors (Lipinski definition) is 2. The third-order valence-corrected chi connectivity index (χ3v) is 3.70. The number of rotatable bonds is 6. The number of likely N-dealkylation sites (N-methyl/N-ethyl adjacent to an activating group) is 1. The molecule has 0 spiro atoms. The van der Waals surface area contributed by atoms with Crippen molar-refractivity contribution in [3.63, 3.8) is 0 Å². The Hall–Kier alpha value is -2.13. The van der Waals surface area contributed by atoms with Crippen molar-refractivity contribution in [3.8, 4) is 0 Å². The number of nitrogens with zero attached hydrogens (tertiary/aromatic N) is 1. The summed E-state index contributed by atoms with van der Waals surface area (Å²) in [5.74, 6) is 0.0602. The Kier molecular flexibility index (Phi) is 5.73. The highest BCUT2D eigenvalue weighted by molar-refractivity contribution is 5.79. The first kappa shape index (κ1) is 16.2. The molecule has 0 bridgehead atoms. The van der Waals surface area contributed by atoms with E-state index < -0.39 is 0 Å². The lowest BCUT2D eigenvalue weighted by atomic mass is 10.0. The molecular weight excluding hydrogens is 272 g/mol. The van der Waals surface area contributed by atoms with Gasteiger partial charge in [0.05, 0.1) is 12.5 Å². The number of hydrogen-bond donors (Lipinski definition) is 1. The Morgan fingerprint density at radius 3 is 2.32 bits per heavy atom. The van der Waals surface area contributed by atoms with Crippen molar-refractivity contribution in [1.82, 2.24) is 10.2 Å². The normalized spacial score (nSPS) is 12.2. The molecule has 3 nitrogen and oxygen atoms in total. The molecule has 116 valence electrons. The van der Waals surface area contributed by atoms with Gasteiger partial charge in [0, 0.05) is 6.54 Å². The number of amides is 1. The van der Waals surface area contributed by atoms with Crippen LogP contribution in [0.4, 0.5) is 0 Å². The lowest BCUT2D eigenvalue weighted by Crippen LogP contribution is -2.36. The summed E-state index contributed by atoms with van der Waals surface area (Å²) < 4.78 is 0. The highest BCUT2D eigenvalue weighted by atomic mass is 16.1.